The van der Waals surface area contributed by atoms with Crippen molar-refractivity contribution < 1.29 is 18.9 Å². The summed E-state index contributed by atoms with van der Waals surface area (Å²) in [5, 5.41) is 0. The Morgan fingerprint density at radius 3 is 2.23 bits per heavy atom. The lowest BCUT2D eigenvalue weighted by molar-refractivity contribution is 0.281. The Morgan fingerprint density at radius 2 is 1.60 bits per heavy atom. The number of ether oxygens (including phenoxy) is 4. The number of aromatic nitrogens is 2. The van der Waals surface area contributed by atoms with Crippen molar-refractivity contribution in [1.82, 2.24) is 14.9 Å². The standard InChI is InChI=1S/C28H33N3O4/c1-31(2)12-9-13-35-22-15-20(14-19-10-7-6-8-11-19)26-23(18-22)29-28(30-26)21-16-24(32-3)27(34-5)25(17-21)33-4/h6-8,10-11,15-18H,9,12-14H2,1-5H3,(H,29,30). The average Bonchev–Trinajstić information content (AvgIpc) is 3.31. The van der Waals surface area contributed by atoms with Gasteiger partial charge in [-0.15, -0.1) is 0 Å². The molecule has 184 valence electrons. The third-order valence-electron chi connectivity index (χ3n) is 5.83. The molecule has 0 fully saturated rings. The molecule has 0 saturated heterocycles. The predicted molar refractivity (Wildman–Crippen MR) is 139 cm³/mol. The number of nitrogens with zero attached hydrogens (tertiary/aromatic N) is 2. The molecule has 3 aromatic carbocycles. The van der Waals surface area contributed by atoms with E-state index in [-0.39, 0.29) is 0 Å². The molecule has 0 aliphatic carbocycles. The summed E-state index contributed by atoms with van der Waals surface area (Å²) in [7, 11) is 8.95. The summed E-state index contributed by atoms with van der Waals surface area (Å²) in [6.07, 6.45) is 1.71. The maximum atomic E-state index is 6.13. The summed E-state index contributed by atoms with van der Waals surface area (Å²) in [6.45, 7) is 1.64. The highest BCUT2D eigenvalue weighted by Crippen LogP contribution is 2.41. The first kappa shape index (κ1) is 24.4. The van der Waals surface area contributed by atoms with Crippen molar-refractivity contribution in [2.45, 2.75) is 12.8 Å². The van der Waals surface area contributed by atoms with Gasteiger partial charge in [0.05, 0.1) is 39.0 Å². The Balaban J connectivity index is 1.75. The highest BCUT2D eigenvalue weighted by Gasteiger charge is 2.18. The van der Waals surface area contributed by atoms with Gasteiger partial charge in [-0.25, -0.2) is 4.98 Å². The van der Waals surface area contributed by atoms with Crippen LogP contribution in [0.15, 0.2) is 54.6 Å². The molecule has 1 heterocycles. The van der Waals surface area contributed by atoms with Crippen LogP contribution in [0.4, 0.5) is 0 Å². The first-order chi connectivity index (χ1) is 17.0. The van der Waals surface area contributed by atoms with Crippen LogP contribution < -0.4 is 18.9 Å². The molecule has 0 atom stereocenters. The molecule has 7 heteroatoms. The maximum absolute atomic E-state index is 6.13. The van der Waals surface area contributed by atoms with Crippen molar-refractivity contribution in [1.29, 1.82) is 0 Å². The molecule has 1 N–H and O–H groups in total. The van der Waals surface area contributed by atoms with Crippen molar-refractivity contribution in [3.63, 3.8) is 0 Å². The molecule has 0 aliphatic heterocycles. The zero-order chi connectivity index (χ0) is 24.8. The number of nitrogens with one attached hydrogen (secondary N) is 1. The smallest absolute Gasteiger partial charge is 0.203 e. The van der Waals surface area contributed by atoms with Crippen molar-refractivity contribution >= 4 is 11.0 Å². The number of rotatable bonds is 11. The maximum Gasteiger partial charge on any atom is 0.203 e. The Labute approximate surface area is 206 Å². The van der Waals surface area contributed by atoms with E-state index in [0.29, 0.717) is 23.9 Å². The quantitative estimate of drug-likeness (QED) is 0.302. The second-order valence-corrected chi connectivity index (χ2v) is 8.65. The molecule has 4 aromatic rings. The summed E-state index contributed by atoms with van der Waals surface area (Å²) < 4.78 is 22.7. The highest BCUT2D eigenvalue weighted by atomic mass is 16.5. The fraction of sp³-hybridized carbons (Fsp3) is 0.321. The predicted octanol–water partition coefficient (Wildman–Crippen LogP) is 5.18. The zero-order valence-corrected chi connectivity index (χ0v) is 21.1. The van der Waals surface area contributed by atoms with E-state index in [0.717, 1.165) is 53.1 Å². The van der Waals surface area contributed by atoms with Crippen LogP contribution in [0.5, 0.6) is 23.0 Å². The van der Waals surface area contributed by atoms with Gasteiger partial charge in [0.2, 0.25) is 5.75 Å². The van der Waals surface area contributed by atoms with E-state index in [4.69, 9.17) is 23.9 Å². The number of fused-ring (bicyclic) bond motifs is 1. The molecular formula is C28H33N3O4. The van der Waals surface area contributed by atoms with Crippen LogP contribution in [0.1, 0.15) is 17.5 Å². The van der Waals surface area contributed by atoms with Crippen molar-refractivity contribution in [2.75, 3.05) is 48.6 Å². The Bertz CT molecular complexity index is 1240. The van der Waals surface area contributed by atoms with E-state index >= 15 is 0 Å². The molecule has 0 aliphatic rings. The molecule has 0 radical (unpaired) electrons. The van der Waals surface area contributed by atoms with Crippen LogP contribution in [0.2, 0.25) is 0 Å². The zero-order valence-electron chi connectivity index (χ0n) is 21.1. The fourth-order valence-electron chi connectivity index (χ4n) is 4.12. The second kappa shape index (κ2) is 11.1. The molecule has 4 rings (SSSR count). The minimum absolute atomic E-state index is 0.549. The first-order valence-corrected chi connectivity index (χ1v) is 11.7. The molecular weight excluding hydrogens is 442 g/mol. The van der Waals surface area contributed by atoms with E-state index in [9.17, 15) is 0 Å². The van der Waals surface area contributed by atoms with Crippen LogP contribution in [0.3, 0.4) is 0 Å². The molecule has 0 unspecified atom stereocenters. The van der Waals surface area contributed by atoms with Crippen LogP contribution in [0.25, 0.3) is 22.4 Å². The van der Waals surface area contributed by atoms with Gasteiger partial charge in [-0.2, -0.15) is 0 Å². The largest absolute Gasteiger partial charge is 0.493 e. The molecule has 1 aromatic heterocycles. The second-order valence-electron chi connectivity index (χ2n) is 8.65. The number of aromatic amines is 1. The number of imidazole rings is 1. The molecule has 0 saturated carbocycles. The lowest BCUT2D eigenvalue weighted by Crippen LogP contribution is -2.15. The molecule has 0 spiro atoms. The van der Waals surface area contributed by atoms with Gasteiger partial charge in [-0.1, -0.05) is 30.3 Å². The average molecular weight is 476 g/mol. The Morgan fingerprint density at radius 1 is 0.886 bits per heavy atom. The Hall–Kier alpha value is -3.71. The third-order valence-corrected chi connectivity index (χ3v) is 5.83. The van der Waals surface area contributed by atoms with Crippen LogP contribution in [-0.4, -0.2) is 63.4 Å². The third kappa shape index (κ3) is 5.69. The Kier molecular flexibility index (Phi) is 7.77. The SMILES string of the molecule is COc1cc(-c2nc3c(Cc4ccccc4)cc(OCCCN(C)C)cc3[nH]2)cc(OC)c1OC. The number of benzene rings is 3. The van der Waals surface area contributed by atoms with E-state index < -0.39 is 0 Å². The summed E-state index contributed by atoms with van der Waals surface area (Å²) in [4.78, 5) is 10.6. The van der Waals surface area contributed by atoms with E-state index in [1.165, 1.54) is 5.56 Å². The normalized spacial score (nSPS) is 11.1. The number of H-pyrrole nitrogens is 1. The van der Waals surface area contributed by atoms with Crippen LogP contribution in [0, 0.1) is 0 Å². The van der Waals surface area contributed by atoms with Crippen molar-refractivity contribution in [3.05, 3.63) is 65.7 Å². The minimum atomic E-state index is 0.549. The van der Waals surface area contributed by atoms with E-state index in [2.05, 4.69) is 54.3 Å². The lowest BCUT2D eigenvalue weighted by Gasteiger charge is -2.13. The van der Waals surface area contributed by atoms with Crippen molar-refractivity contribution in [2.24, 2.45) is 0 Å². The molecule has 7 nitrogen and oxygen atoms in total. The van der Waals surface area contributed by atoms with Crippen LogP contribution >= 0.6 is 0 Å². The summed E-state index contributed by atoms with van der Waals surface area (Å²) >= 11 is 0. The first-order valence-electron chi connectivity index (χ1n) is 11.7. The lowest BCUT2D eigenvalue weighted by atomic mass is 10.0. The summed E-state index contributed by atoms with van der Waals surface area (Å²) in [6, 6.07) is 18.3. The number of methoxy groups -OCH3 is 3. The van der Waals surface area contributed by atoms with Gasteiger partial charge < -0.3 is 28.8 Å². The van der Waals surface area contributed by atoms with Crippen LogP contribution in [-0.2, 0) is 6.42 Å². The van der Waals surface area contributed by atoms with Crippen molar-refractivity contribution in [3.8, 4) is 34.4 Å². The minimum Gasteiger partial charge on any atom is -0.493 e. The van der Waals surface area contributed by atoms with Gasteiger partial charge in [-0.3, -0.25) is 0 Å². The number of hydrogen-bond acceptors (Lipinski definition) is 6. The fourth-order valence-corrected chi connectivity index (χ4v) is 4.12. The summed E-state index contributed by atoms with van der Waals surface area (Å²) in [5.74, 6) is 3.27. The van der Waals surface area contributed by atoms with Gasteiger partial charge >= 0.3 is 0 Å². The topological polar surface area (TPSA) is 68.8 Å². The van der Waals surface area contributed by atoms with Gasteiger partial charge in [0.25, 0.3) is 0 Å². The molecule has 0 amide bonds. The van der Waals surface area contributed by atoms with Gasteiger partial charge in [0.15, 0.2) is 11.5 Å². The summed E-state index contributed by atoms with van der Waals surface area (Å²) in [5.41, 5.74) is 5.00. The van der Waals surface area contributed by atoms with Gasteiger partial charge in [0.1, 0.15) is 11.6 Å². The van der Waals surface area contributed by atoms with Gasteiger partial charge in [0, 0.05) is 18.2 Å². The van der Waals surface area contributed by atoms with Gasteiger partial charge in [-0.05, 0) is 56.3 Å². The highest BCUT2D eigenvalue weighted by molar-refractivity contribution is 5.85. The van der Waals surface area contributed by atoms with E-state index in [1.54, 1.807) is 21.3 Å². The molecule has 0 bridgehead atoms. The van der Waals surface area contributed by atoms with E-state index in [1.807, 2.05) is 24.3 Å². The number of hydrogen-bond donors (Lipinski definition) is 1. The monoisotopic (exact) mass is 475 g/mol. The molecule has 35 heavy (non-hydrogen) atoms.